The highest BCUT2D eigenvalue weighted by molar-refractivity contribution is 5.32. The van der Waals surface area contributed by atoms with E-state index in [0.29, 0.717) is 5.69 Å². The zero-order valence-electron chi connectivity index (χ0n) is 8.73. The van der Waals surface area contributed by atoms with Crippen molar-refractivity contribution >= 4 is 0 Å². The Morgan fingerprint density at radius 2 is 1.87 bits per heavy atom. The number of aryl methyl sites for hydroxylation is 2. The molecule has 4 heteroatoms. The summed E-state index contributed by atoms with van der Waals surface area (Å²) in [4.78, 5) is 0. The number of nitrogens with one attached hydrogen (secondary N) is 1. The second kappa shape index (κ2) is 3.82. The van der Waals surface area contributed by atoms with Crippen LogP contribution in [0.2, 0.25) is 0 Å². The molecular weight excluding hydrogens is 190 g/mol. The van der Waals surface area contributed by atoms with E-state index in [1.54, 1.807) is 0 Å². The maximum Gasteiger partial charge on any atom is 0.124 e. The third-order valence-corrected chi connectivity index (χ3v) is 2.27. The fourth-order valence-electron chi connectivity index (χ4n) is 1.68. The van der Waals surface area contributed by atoms with Crippen molar-refractivity contribution in [3.8, 4) is 0 Å². The number of hydrogen-bond donors (Lipinski definition) is 2. The molecule has 0 aliphatic carbocycles. The van der Waals surface area contributed by atoms with Gasteiger partial charge >= 0.3 is 0 Å². The van der Waals surface area contributed by atoms with Gasteiger partial charge in [-0.15, -0.1) is 0 Å². The van der Waals surface area contributed by atoms with Crippen LogP contribution in [-0.4, -0.2) is 20.5 Å². The Balaban J connectivity index is 2.37. The summed E-state index contributed by atoms with van der Waals surface area (Å²) >= 11 is 0. The molecule has 0 saturated heterocycles. The first-order valence-corrected chi connectivity index (χ1v) is 4.79. The molecule has 0 radical (unpaired) electrons. The smallest absolute Gasteiger partial charge is 0.124 e. The summed E-state index contributed by atoms with van der Waals surface area (Å²) in [6.45, 7) is 4.01. The van der Waals surface area contributed by atoms with Gasteiger partial charge in [-0.25, -0.2) is 0 Å². The van der Waals surface area contributed by atoms with Gasteiger partial charge in [0.1, 0.15) is 11.8 Å². The van der Waals surface area contributed by atoms with Crippen LogP contribution in [0, 0.1) is 13.8 Å². The summed E-state index contributed by atoms with van der Waals surface area (Å²) in [5.74, 6) is 0. The van der Waals surface area contributed by atoms with E-state index in [2.05, 4.69) is 21.5 Å². The van der Waals surface area contributed by atoms with Gasteiger partial charge in [0, 0.05) is 0 Å². The van der Waals surface area contributed by atoms with Crippen molar-refractivity contribution in [3.05, 3.63) is 46.8 Å². The van der Waals surface area contributed by atoms with Crippen molar-refractivity contribution in [3.63, 3.8) is 0 Å². The van der Waals surface area contributed by atoms with Gasteiger partial charge in [0.05, 0.1) is 6.20 Å². The molecule has 1 atom stereocenters. The predicted octanol–water partition coefficient (Wildman–Crippen LogP) is 1.50. The Morgan fingerprint density at radius 1 is 1.20 bits per heavy atom. The third-order valence-electron chi connectivity index (χ3n) is 2.27. The van der Waals surface area contributed by atoms with E-state index in [4.69, 9.17) is 0 Å². The number of hydrogen-bond acceptors (Lipinski definition) is 3. The van der Waals surface area contributed by atoms with E-state index >= 15 is 0 Å². The minimum Gasteiger partial charge on any atom is -0.382 e. The number of aromatic nitrogens is 3. The SMILES string of the molecule is Cc1cc(C)cc(C(O)c2cn[nH]n2)c1. The molecule has 78 valence electrons. The lowest BCUT2D eigenvalue weighted by Crippen LogP contribution is -2.01. The van der Waals surface area contributed by atoms with Crippen molar-refractivity contribution in [1.82, 2.24) is 15.4 Å². The van der Waals surface area contributed by atoms with Gasteiger partial charge in [0.15, 0.2) is 0 Å². The molecule has 2 aromatic rings. The highest BCUT2D eigenvalue weighted by Gasteiger charge is 2.13. The molecule has 4 nitrogen and oxygen atoms in total. The van der Waals surface area contributed by atoms with E-state index in [1.165, 1.54) is 6.20 Å². The second-order valence-corrected chi connectivity index (χ2v) is 3.72. The fraction of sp³-hybridized carbons (Fsp3) is 0.273. The summed E-state index contributed by atoms with van der Waals surface area (Å²) in [5.41, 5.74) is 3.65. The third kappa shape index (κ3) is 2.05. The maximum atomic E-state index is 10.0. The Kier molecular flexibility index (Phi) is 2.51. The van der Waals surface area contributed by atoms with Crippen LogP contribution in [0.4, 0.5) is 0 Å². The van der Waals surface area contributed by atoms with Crippen molar-refractivity contribution in [1.29, 1.82) is 0 Å². The number of rotatable bonds is 2. The van der Waals surface area contributed by atoms with Crippen LogP contribution in [-0.2, 0) is 0 Å². The second-order valence-electron chi connectivity index (χ2n) is 3.72. The predicted molar refractivity (Wildman–Crippen MR) is 56.4 cm³/mol. The van der Waals surface area contributed by atoms with Crippen molar-refractivity contribution < 1.29 is 5.11 Å². The summed E-state index contributed by atoms with van der Waals surface area (Å²) in [6, 6.07) is 5.97. The monoisotopic (exact) mass is 203 g/mol. The van der Waals surface area contributed by atoms with Crippen molar-refractivity contribution in [2.75, 3.05) is 0 Å². The first-order chi connectivity index (χ1) is 7.16. The molecule has 0 bridgehead atoms. The van der Waals surface area contributed by atoms with Crippen LogP contribution < -0.4 is 0 Å². The molecule has 0 aliphatic rings. The largest absolute Gasteiger partial charge is 0.382 e. The van der Waals surface area contributed by atoms with Crippen LogP contribution in [0.3, 0.4) is 0 Å². The number of aromatic amines is 1. The molecule has 0 fully saturated rings. The lowest BCUT2D eigenvalue weighted by atomic mass is 10.0. The minimum atomic E-state index is -0.706. The number of nitrogens with zero attached hydrogens (tertiary/aromatic N) is 2. The van der Waals surface area contributed by atoms with Gasteiger partial charge < -0.3 is 5.11 Å². The molecule has 1 aromatic carbocycles. The zero-order valence-corrected chi connectivity index (χ0v) is 8.73. The zero-order chi connectivity index (χ0) is 10.8. The quantitative estimate of drug-likeness (QED) is 0.777. The molecule has 1 aromatic heterocycles. The average Bonchev–Trinajstić information content (AvgIpc) is 2.67. The van der Waals surface area contributed by atoms with E-state index in [1.807, 2.05) is 26.0 Å². The standard InChI is InChI=1S/C11H13N3O/c1-7-3-8(2)5-9(4-7)11(15)10-6-12-14-13-10/h3-6,11,15H,1-2H3,(H,12,13,14). The summed E-state index contributed by atoms with van der Waals surface area (Å²) in [5, 5.41) is 20.0. The topological polar surface area (TPSA) is 61.8 Å². The number of benzene rings is 1. The van der Waals surface area contributed by atoms with E-state index in [-0.39, 0.29) is 0 Å². The van der Waals surface area contributed by atoms with Gasteiger partial charge in [-0.05, 0) is 19.4 Å². The Labute approximate surface area is 88.0 Å². The number of aliphatic hydroxyl groups excluding tert-OH is 1. The maximum absolute atomic E-state index is 10.0. The van der Waals surface area contributed by atoms with Crippen molar-refractivity contribution in [2.45, 2.75) is 20.0 Å². The molecule has 0 saturated carbocycles. The van der Waals surface area contributed by atoms with Gasteiger partial charge in [-0.2, -0.15) is 15.4 Å². The number of H-pyrrole nitrogens is 1. The van der Waals surface area contributed by atoms with Crippen LogP contribution in [0.15, 0.2) is 24.4 Å². The van der Waals surface area contributed by atoms with Crippen molar-refractivity contribution in [2.24, 2.45) is 0 Å². The van der Waals surface area contributed by atoms with E-state index in [0.717, 1.165) is 16.7 Å². The molecule has 2 rings (SSSR count). The van der Waals surface area contributed by atoms with Gasteiger partial charge in [0.25, 0.3) is 0 Å². The Hall–Kier alpha value is -1.68. The van der Waals surface area contributed by atoms with Gasteiger partial charge in [-0.3, -0.25) is 0 Å². The summed E-state index contributed by atoms with van der Waals surface area (Å²) < 4.78 is 0. The highest BCUT2D eigenvalue weighted by Crippen LogP contribution is 2.21. The van der Waals surface area contributed by atoms with Crippen LogP contribution in [0.25, 0.3) is 0 Å². The summed E-state index contributed by atoms with van der Waals surface area (Å²) in [7, 11) is 0. The summed E-state index contributed by atoms with van der Waals surface area (Å²) in [6.07, 6.45) is 0.824. The molecule has 0 spiro atoms. The first-order valence-electron chi connectivity index (χ1n) is 4.79. The molecule has 1 heterocycles. The van der Waals surface area contributed by atoms with Crippen LogP contribution in [0.5, 0.6) is 0 Å². The lowest BCUT2D eigenvalue weighted by Gasteiger charge is -2.09. The molecule has 0 amide bonds. The molecule has 2 N–H and O–H groups in total. The number of aliphatic hydroxyl groups is 1. The molecule has 15 heavy (non-hydrogen) atoms. The van der Waals surface area contributed by atoms with Gasteiger partial charge in [-0.1, -0.05) is 29.3 Å². The molecular formula is C11H13N3O. The molecule has 1 unspecified atom stereocenters. The average molecular weight is 203 g/mol. The van der Waals surface area contributed by atoms with E-state index in [9.17, 15) is 5.11 Å². The Morgan fingerprint density at radius 3 is 2.40 bits per heavy atom. The Bertz CT molecular complexity index is 431. The first kappa shape index (κ1) is 9.86. The van der Waals surface area contributed by atoms with Crippen LogP contribution >= 0.6 is 0 Å². The van der Waals surface area contributed by atoms with E-state index < -0.39 is 6.10 Å². The highest BCUT2D eigenvalue weighted by atomic mass is 16.3. The van der Waals surface area contributed by atoms with Gasteiger partial charge in [0.2, 0.25) is 0 Å². The normalized spacial score (nSPS) is 12.7. The molecule has 0 aliphatic heterocycles. The lowest BCUT2D eigenvalue weighted by molar-refractivity contribution is 0.215. The fourth-order valence-corrected chi connectivity index (χ4v) is 1.68. The minimum absolute atomic E-state index is 0.542. The van der Waals surface area contributed by atoms with Crippen LogP contribution in [0.1, 0.15) is 28.5 Å².